The van der Waals surface area contributed by atoms with Gasteiger partial charge in [0, 0.05) is 35.4 Å². The van der Waals surface area contributed by atoms with Crippen LogP contribution < -0.4 is 5.32 Å². The van der Waals surface area contributed by atoms with Crippen LogP contribution in [-0.4, -0.2) is 73.3 Å². The largest absolute Gasteiger partial charge is 0.416 e. The molecule has 1 N–H and O–H groups in total. The molecule has 7 nitrogen and oxygen atoms in total. The Morgan fingerprint density at radius 3 is 2.25 bits per heavy atom. The molecule has 2 aliphatic rings. The van der Waals surface area contributed by atoms with Gasteiger partial charge in [0.25, 0.3) is 5.91 Å². The molecule has 1 amide bonds. The third-order valence-electron chi connectivity index (χ3n) is 9.90. The maximum absolute atomic E-state index is 14.4. The minimum absolute atomic E-state index is 0.0148. The van der Waals surface area contributed by atoms with Crippen molar-refractivity contribution in [1.82, 2.24) is 20.1 Å². The number of hydrogen-bond donors (Lipinski definition) is 1. The smallest absolute Gasteiger partial charge is 0.345 e. The number of benzene rings is 3. The normalized spacial score (nSPS) is 19.0. The Morgan fingerprint density at radius 1 is 0.922 bits per heavy atom. The van der Waals surface area contributed by atoms with Crippen LogP contribution >= 0.6 is 0 Å². The van der Waals surface area contributed by atoms with Crippen molar-refractivity contribution in [3.63, 3.8) is 0 Å². The van der Waals surface area contributed by atoms with E-state index in [1.54, 1.807) is 17.9 Å². The maximum Gasteiger partial charge on any atom is 0.416 e. The second-order valence-corrected chi connectivity index (χ2v) is 15.4. The number of alkyl halides is 6. The fourth-order valence-corrected chi connectivity index (χ4v) is 8.23. The summed E-state index contributed by atoms with van der Waals surface area (Å²) in [5.41, 5.74) is 0.203. The first-order chi connectivity index (χ1) is 24.0. The first-order valence-corrected chi connectivity index (χ1v) is 18.7. The van der Waals surface area contributed by atoms with Gasteiger partial charge in [0.1, 0.15) is 6.04 Å². The van der Waals surface area contributed by atoms with Crippen molar-refractivity contribution >= 4 is 26.6 Å². The van der Waals surface area contributed by atoms with Crippen molar-refractivity contribution < 1.29 is 39.6 Å². The quantitative estimate of drug-likeness (QED) is 0.186. The maximum atomic E-state index is 14.4. The van der Waals surface area contributed by atoms with Crippen molar-refractivity contribution in [1.29, 1.82) is 0 Å². The number of amides is 1. The van der Waals surface area contributed by atoms with E-state index >= 15 is 0 Å². The standard InChI is InChI=1S/C37H38F6N4O3S/c1-23(24-9-4-3-5-10-24)44-35(48)32-28-13-7-14-30(51(2,49)50)34(28)45-33(25-11-6-12-26(21-25)36(38,39)40)29(32)22-46-19-16-27(17-20-46)47-18-8-15-31(47)37(41,42)43/h3-7,9-14,21,23,27,31H,8,15-20,22H2,1-2H3,(H,44,48)/t23-,31?/m0/s1. The lowest BCUT2D eigenvalue weighted by Crippen LogP contribution is -2.50. The van der Waals surface area contributed by atoms with Crippen molar-refractivity contribution in [2.75, 3.05) is 25.9 Å². The molecule has 2 atom stereocenters. The number of carbonyl (C=O) groups excluding carboxylic acids is 1. The van der Waals surface area contributed by atoms with Gasteiger partial charge in [-0.25, -0.2) is 13.4 Å². The van der Waals surface area contributed by atoms with Crippen LogP contribution in [0.2, 0.25) is 0 Å². The number of likely N-dealkylation sites (tertiary alicyclic amines) is 2. The van der Waals surface area contributed by atoms with Gasteiger partial charge in [-0.05, 0) is 76.0 Å². The first kappa shape index (κ1) is 36.8. The van der Waals surface area contributed by atoms with Gasteiger partial charge in [-0.1, -0.05) is 54.6 Å². The summed E-state index contributed by atoms with van der Waals surface area (Å²) in [4.78, 5) is 22.5. The molecule has 2 saturated heterocycles. The number of aromatic nitrogens is 1. The topological polar surface area (TPSA) is 82.6 Å². The van der Waals surface area contributed by atoms with E-state index in [0.717, 1.165) is 24.0 Å². The fourth-order valence-electron chi connectivity index (χ4n) is 7.40. The van der Waals surface area contributed by atoms with Gasteiger partial charge in [-0.3, -0.25) is 14.6 Å². The zero-order valence-electron chi connectivity index (χ0n) is 28.1. The van der Waals surface area contributed by atoms with Gasteiger partial charge >= 0.3 is 12.4 Å². The van der Waals surface area contributed by atoms with Crippen LogP contribution in [-0.2, 0) is 22.6 Å². The van der Waals surface area contributed by atoms with E-state index in [0.29, 0.717) is 38.9 Å². The van der Waals surface area contributed by atoms with E-state index in [1.807, 2.05) is 35.2 Å². The number of piperidine rings is 1. The average molecular weight is 733 g/mol. The molecule has 3 heterocycles. The molecule has 1 unspecified atom stereocenters. The second-order valence-electron chi connectivity index (χ2n) is 13.4. The average Bonchev–Trinajstić information content (AvgIpc) is 3.59. The van der Waals surface area contributed by atoms with Crippen LogP contribution in [0.4, 0.5) is 26.3 Å². The van der Waals surface area contributed by atoms with E-state index < -0.39 is 45.7 Å². The monoisotopic (exact) mass is 732 g/mol. The van der Waals surface area contributed by atoms with Gasteiger partial charge in [0.2, 0.25) is 0 Å². The number of nitrogens with zero attached hydrogens (tertiary/aromatic N) is 3. The molecular formula is C37H38F6N4O3S. The highest BCUT2D eigenvalue weighted by atomic mass is 32.2. The molecule has 51 heavy (non-hydrogen) atoms. The first-order valence-electron chi connectivity index (χ1n) is 16.8. The Kier molecular flexibility index (Phi) is 10.2. The number of carbonyl (C=O) groups is 1. The van der Waals surface area contributed by atoms with Gasteiger partial charge in [-0.2, -0.15) is 26.3 Å². The van der Waals surface area contributed by atoms with Crippen LogP contribution in [0.3, 0.4) is 0 Å². The van der Waals surface area contributed by atoms with Crippen molar-refractivity contribution in [2.45, 2.75) is 74.5 Å². The molecule has 1 aromatic heterocycles. The van der Waals surface area contributed by atoms with Gasteiger partial charge in [-0.15, -0.1) is 0 Å². The Hall–Kier alpha value is -4.01. The molecular weight excluding hydrogens is 694 g/mol. The Morgan fingerprint density at radius 2 is 1.61 bits per heavy atom. The molecule has 4 aromatic rings. The molecule has 3 aromatic carbocycles. The zero-order chi connectivity index (χ0) is 36.7. The third kappa shape index (κ3) is 7.92. The highest BCUT2D eigenvalue weighted by Crippen LogP contribution is 2.39. The van der Waals surface area contributed by atoms with E-state index in [4.69, 9.17) is 4.98 Å². The van der Waals surface area contributed by atoms with Crippen LogP contribution in [0, 0.1) is 0 Å². The second kappa shape index (κ2) is 14.2. The number of fused-ring (bicyclic) bond motifs is 1. The van der Waals surface area contributed by atoms with Crippen molar-refractivity contribution in [2.24, 2.45) is 0 Å². The van der Waals surface area contributed by atoms with Crippen LogP contribution in [0.25, 0.3) is 22.2 Å². The summed E-state index contributed by atoms with van der Waals surface area (Å²) in [6.45, 7) is 2.92. The van der Waals surface area contributed by atoms with E-state index in [-0.39, 0.29) is 57.2 Å². The van der Waals surface area contributed by atoms with E-state index in [9.17, 15) is 39.6 Å². The molecule has 0 spiro atoms. The summed E-state index contributed by atoms with van der Waals surface area (Å²) in [5.74, 6) is -0.576. The number of pyridine rings is 1. The highest BCUT2D eigenvalue weighted by molar-refractivity contribution is 7.91. The van der Waals surface area contributed by atoms with Crippen molar-refractivity contribution in [3.05, 3.63) is 95.1 Å². The molecule has 0 bridgehead atoms. The molecule has 0 radical (unpaired) electrons. The summed E-state index contributed by atoms with van der Waals surface area (Å²) < 4.78 is 109. The molecule has 0 aliphatic carbocycles. The van der Waals surface area contributed by atoms with Crippen LogP contribution in [0.5, 0.6) is 0 Å². The highest BCUT2D eigenvalue weighted by Gasteiger charge is 2.48. The van der Waals surface area contributed by atoms with Crippen LogP contribution in [0.15, 0.2) is 77.7 Å². The number of sulfone groups is 1. The summed E-state index contributed by atoms with van der Waals surface area (Å²) >= 11 is 0. The summed E-state index contributed by atoms with van der Waals surface area (Å²) in [6, 6.07) is 15.7. The Bertz CT molecular complexity index is 2010. The fraction of sp³-hybridized carbons (Fsp3) is 0.405. The number of nitrogens with one attached hydrogen (secondary N) is 1. The molecule has 0 saturated carbocycles. The minimum atomic E-state index is -4.69. The number of para-hydroxylation sites is 1. The lowest BCUT2D eigenvalue weighted by molar-refractivity contribution is -0.182. The molecule has 6 rings (SSSR count). The molecule has 2 fully saturated rings. The van der Waals surface area contributed by atoms with Gasteiger partial charge < -0.3 is 5.32 Å². The number of hydrogen-bond acceptors (Lipinski definition) is 6. The number of rotatable bonds is 8. The minimum Gasteiger partial charge on any atom is -0.345 e. The Labute approximate surface area is 292 Å². The number of halogens is 6. The summed E-state index contributed by atoms with van der Waals surface area (Å²) in [7, 11) is -3.91. The van der Waals surface area contributed by atoms with Crippen LogP contribution in [0.1, 0.15) is 65.7 Å². The SMILES string of the molecule is C[C@H](NC(=O)c1c(CN2CCC(N3CCCC3C(F)(F)F)CC2)c(-c2cccc(C(F)(F)F)c2)nc2c(S(C)(=O)=O)cccc12)c1ccccc1. The van der Waals surface area contributed by atoms with Gasteiger partial charge in [0.15, 0.2) is 9.84 Å². The van der Waals surface area contributed by atoms with Gasteiger partial charge in [0.05, 0.1) is 33.3 Å². The predicted molar refractivity (Wildman–Crippen MR) is 182 cm³/mol. The third-order valence-corrected chi connectivity index (χ3v) is 11.0. The lowest BCUT2D eigenvalue weighted by Gasteiger charge is -2.40. The molecule has 14 heteroatoms. The van der Waals surface area contributed by atoms with E-state index in [1.165, 1.54) is 24.3 Å². The summed E-state index contributed by atoms with van der Waals surface area (Å²) in [6.07, 6.45) is -6.65. The lowest BCUT2D eigenvalue weighted by atomic mass is 9.93. The molecule has 272 valence electrons. The summed E-state index contributed by atoms with van der Waals surface area (Å²) in [5, 5.41) is 3.20. The zero-order valence-corrected chi connectivity index (χ0v) is 28.9. The molecule has 2 aliphatic heterocycles. The Balaban J connectivity index is 1.47. The van der Waals surface area contributed by atoms with Crippen molar-refractivity contribution in [3.8, 4) is 11.3 Å². The predicted octanol–water partition coefficient (Wildman–Crippen LogP) is 7.81. The van der Waals surface area contributed by atoms with E-state index in [2.05, 4.69) is 5.32 Å².